The first kappa shape index (κ1) is 20.0. The summed E-state index contributed by atoms with van der Waals surface area (Å²) in [6, 6.07) is 6.92. The Morgan fingerprint density at radius 2 is 2.16 bits per heavy atom. The van der Waals surface area contributed by atoms with Gasteiger partial charge < -0.3 is 10.6 Å². The molecule has 8 heteroatoms. The quantitative estimate of drug-likeness (QED) is 0.800. The third kappa shape index (κ3) is 5.35. The van der Waals surface area contributed by atoms with Crippen LogP contribution in [0.3, 0.4) is 0 Å². The first-order valence-corrected chi connectivity index (χ1v) is 8.89. The Bertz CT molecular complexity index is 714. The van der Waals surface area contributed by atoms with Crippen LogP contribution in [0, 0.1) is 5.92 Å². The van der Waals surface area contributed by atoms with Gasteiger partial charge in [-0.25, -0.2) is 4.68 Å². The van der Waals surface area contributed by atoms with E-state index in [1.54, 1.807) is 35.1 Å². The molecule has 1 atom stereocenters. The molecule has 1 aromatic heterocycles. The van der Waals surface area contributed by atoms with Gasteiger partial charge in [0, 0.05) is 12.7 Å². The van der Waals surface area contributed by atoms with Gasteiger partial charge in [0.2, 0.25) is 0 Å². The molecule has 1 saturated heterocycles. The van der Waals surface area contributed by atoms with Gasteiger partial charge in [-0.3, -0.25) is 4.79 Å². The zero-order valence-corrected chi connectivity index (χ0v) is 16.0. The number of hydrogen-bond donors (Lipinski definition) is 2. The number of rotatable bonds is 5. The van der Waals surface area contributed by atoms with Gasteiger partial charge in [0.1, 0.15) is 0 Å². The third-order valence-corrected chi connectivity index (χ3v) is 4.97. The average molecular weight is 404 g/mol. The summed E-state index contributed by atoms with van der Waals surface area (Å²) in [6.07, 6.45) is 5.17. The molecule has 0 aliphatic carbocycles. The number of benzene rings is 1. The van der Waals surface area contributed by atoms with E-state index in [4.69, 9.17) is 23.2 Å². The van der Waals surface area contributed by atoms with E-state index in [1.807, 2.05) is 0 Å². The molecule has 1 fully saturated rings. The molecule has 0 radical (unpaired) electrons. The molecule has 0 bridgehead atoms. The van der Waals surface area contributed by atoms with Crippen LogP contribution in [0.25, 0.3) is 5.69 Å². The molecule has 25 heavy (non-hydrogen) atoms. The van der Waals surface area contributed by atoms with Crippen molar-refractivity contribution in [2.75, 3.05) is 19.6 Å². The highest BCUT2D eigenvalue weighted by Gasteiger charge is 2.14. The van der Waals surface area contributed by atoms with Crippen molar-refractivity contribution in [3.63, 3.8) is 0 Å². The van der Waals surface area contributed by atoms with Gasteiger partial charge in [0.15, 0.2) is 5.69 Å². The van der Waals surface area contributed by atoms with Crippen molar-refractivity contribution in [1.82, 2.24) is 20.4 Å². The lowest BCUT2D eigenvalue weighted by Gasteiger charge is -2.22. The summed E-state index contributed by atoms with van der Waals surface area (Å²) in [5, 5.41) is 11.6. The lowest BCUT2D eigenvalue weighted by atomic mass is 9.96. The predicted octanol–water partition coefficient (Wildman–Crippen LogP) is 3.72. The number of nitrogens with zero attached hydrogens (tertiary/aromatic N) is 2. The van der Waals surface area contributed by atoms with E-state index in [0.717, 1.165) is 25.2 Å². The molecule has 2 aromatic rings. The maximum Gasteiger partial charge on any atom is 0.271 e. The topological polar surface area (TPSA) is 59.0 Å². The monoisotopic (exact) mass is 402 g/mol. The van der Waals surface area contributed by atoms with Crippen LogP contribution in [0.5, 0.6) is 0 Å². The lowest BCUT2D eigenvalue weighted by molar-refractivity contribution is 0.0945. The van der Waals surface area contributed by atoms with E-state index in [1.165, 1.54) is 12.8 Å². The second-order valence-corrected chi connectivity index (χ2v) is 6.82. The van der Waals surface area contributed by atoms with Crippen LogP contribution in [-0.4, -0.2) is 35.3 Å². The third-order valence-electron chi connectivity index (χ3n) is 4.23. The summed E-state index contributed by atoms with van der Waals surface area (Å²) in [5.74, 6) is 0.491. The number of amides is 1. The van der Waals surface area contributed by atoms with Crippen LogP contribution < -0.4 is 10.6 Å². The number of nitrogens with one attached hydrogen (secondary N) is 2. The van der Waals surface area contributed by atoms with Crippen LogP contribution in [0.15, 0.2) is 30.5 Å². The SMILES string of the molecule is Cl.O=C(NCCC1CCCNC1)c1ccn(-c2ccc(Cl)c(Cl)c2)n1. The Balaban J connectivity index is 0.00000225. The molecule has 1 aromatic carbocycles. The van der Waals surface area contributed by atoms with Crippen molar-refractivity contribution in [2.24, 2.45) is 5.92 Å². The lowest BCUT2D eigenvalue weighted by Crippen LogP contribution is -2.33. The number of carbonyl (C=O) groups excluding carboxylic acids is 1. The van der Waals surface area contributed by atoms with Crippen molar-refractivity contribution < 1.29 is 4.79 Å². The Morgan fingerprint density at radius 1 is 1.32 bits per heavy atom. The number of carbonyl (C=O) groups is 1. The van der Waals surface area contributed by atoms with Gasteiger partial charge in [-0.1, -0.05) is 23.2 Å². The number of hydrogen-bond acceptors (Lipinski definition) is 3. The van der Waals surface area contributed by atoms with E-state index in [-0.39, 0.29) is 18.3 Å². The molecule has 0 saturated carbocycles. The largest absolute Gasteiger partial charge is 0.351 e. The summed E-state index contributed by atoms with van der Waals surface area (Å²) in [4.78, 5) is 12.2. The summed E-state index contributed by atoms with van der Waals surface area (Å²) in [7, 11) is 0. The Kier molecular flexibility index (Phi) is 7.56. The summed E-state index contributed by atoms with van der Waals surface area (Å²) in [5.41, 5.74) is 1.15. The molecule has 2 N–H and O–H groups in total. The molecule has 1 unspecified atom stereocenters. The van der Waals surface area contributed by atoms with Crippen molar-refractivity contribution >= 4 is 41.5 Å². The van der Waals surface area contributed by atoms with E-state index in [9.17, 15) is 4.79 Å². The second kappa shape index (κ2) is 9.43. The highest BCUT2D eigenvalue weighted by molar-refractivity contribution is 6.42. The summed E-state index contributed by atoms with van der Waals surface area (Å²) in [6.45, 7) is 2.82. The minimum absolute atomic E-state index is 0. The van der Waals surface area contributed by atoms with E-state index >= 15 is 0 Å². The van der Waals surface area contributed by atoms with Gasteiger partial charge in [-0.2, -0.15) is 5.10 Å². The van der Waals surface area contributed by atoms with Crippen molar-refractivity contribution in [2.45, 2.75) is 19.3 Å². The molecular formula is C17H21Cl3N4O. The number of halogens is 3. The molecule has 2 heterocycles. The summed E-state index contributed by atoms with van der Waals surface area (Å²) < 4.78 is 1.61. The maximum atomic E-state index is 12.2. The molecular weight excluding hydrogens is 383 g/mol. The average Bonchev–Trinajstić information content (AvgIpc) is 3.08. The predicted molar refractivity (Wildman–Crippen MR) is 103 cm³/mol. The Labute approximate surface area is 163 Å². The minimum Gasteiger partial charge on any atom is -0.351 e. The second-order valence-electron chi connectivity index (χ2n) is 6.00. The van der Waals surface area contributed by atoms with Crippen LogP contribution in [0.2, 0.25) is 10.0 Å². The van der Waals surface area contributed by atoms with Crippen LogP contribution in [-0.2, 0) is 0 Å². The van der Waals surface area contributed by atoms with Gasteiger partial charge >= 0.3 is 0 Å². The molecule has 136 valence electrons. The fourth-order valence-electron chi connectivity index (χ4n) is 2.87. The van der Waals surface area contributed by atoms with Crippen molar-refractivity contribution in [3.05, 3.63) is 46.2 Å². The molecule has 1 aliphatic rings. The molecule has 1 amide bonds. The van der Waals surface area contributed by atoms with Crippen LogP contribution in [0.4, 0.5) is 0 Å². The Morgan fingerprint density at radius 3 is 2.88 bits per heavy atom. The van der Waals surface area contributed by atoms with Crippen LogP contribution >= 0.6 is 35.6 Å². The van der Waals surface area contributed by atoms with Gasteiger partial charge in [0.05, 0.1) is 15.7 Å². The highest BCUT2D eigenvalue weighted by atomic mass is 35.5. The van der Waals surface area contributed by atoms with E-state index < -0.39 is 0 Å². The van der Waals surface area contributed by atoms with E-state index in [0.29, 0.717) is 28.2 Å². The smallest absolute Gasteiger partial charge is 0.271 e. The minimum atomic E-state index is -0.155. The number of piperidine rings is 1. The molecule has 3 rings (SSSR count). The Hall–Kier alpha value is -1.27. The van der Waals surface area contributed by atoms with Crippen molar-refractivity contribution in [1.29, 1.82) is 0 Å². The van der Waals surface area contributed by atoms with Gasteiger partial charge in [-0.05, 0) is 62.5 Å². The normalized spacial score (nSPS) is 17.0. The first-order valence-electron chi connectivity index (χ1n) is 8.13. The highest BCUT2D eigenvalue weighted by Crippen LogP contribution is 2.24. The van der Waals surface area contributed by atoms with Crippen LogP contribution in [0.1, 0.15) is 29.8 Å². The molecule has 0 spiro atoms. The standard InChI is InChI=1S/C17H20Cl2N4O.ClH/c18-14-4-3-13(10-15(14)19)23-9-6-16(22-23)17(24)21-8-5-12-2-1-7-20-11-12;/h3-4,6,9-10,12,20H,1-2,5,7-8,11H2,(H,21,24);1H. The molecule has 5 nitrogen and oxygen atoms in total. The summed E-state index contributed by atoms with van der Waals surface area (Å²) >= 11 is 11.9. The van der Waals surface area contributed by atoms with Gasteiger partial charge in [-0.15, -0.1) is 12.4 Å². The van der Waals surface area contributed by atoms with E-state index in [2.05, 4.69) is 15.7 Å². The maximum absolute atomic E-state index is 12.2. The zero-order chi connectivity index (χ0) is 16.9. The number of aromatic nitrogens is 2. The molecule has 1 aliphatic heterocycles. The van der Waals surface area contributed by atoms with Gasteiger partial charge in [0.25, 0.3) is 5.91 Å². The van der Waals surface area contributed by atoms with Crippen molar-refractivity contribution in [3.8, 4) is 5.69 Å². The fourth-order valence-corrected chi connectivity index (χ4v) is 3.16. The first-order chi connectivity index (χ1) is 11.6. The zero-order valence-electron chi connectivity index (χ0n) is 13.7. The fraction of sp³-hybridized carbons (Fsp3) is 0.412.